The van der Waals surface area contributed by atoms with Crippen LogP contribution in [0.1, 0.15) is 13.8 Å². The van der Waals surface area contributed by atoms with Gasteiger partial charge in [0.2, 0.25) is 5.91 Å². The number of rotatable bonds is 4. The molecule has 5 nitrogen and oxygen atoms in total. The minimum Gasteiger partial charge on any atom is -0.372 e. The zero-order valence-corrected chi connectivity index (χ0v) is 10.8. The van der Waals surface area contributed by atoms with Gasteiger partial charge >= 0.3 is 0 Å². The monoisotopic (exact) mass is 256 g/mol. The van der Waals surface area contributed by atoms with Crippen molar-refractivity contribution in [3.05, 3.63) is 24.3 Å². The molecule has 17 heavy (non-hydrogen) atoms. The van der Waals surface area contributed by atoms with Crippen molar-refractivity contribution in [2.45, 2.75) is 24.3 Å². The van der Waals surface area contributed by atoms with Gasteiger partial charge in [0.1, 0.15) is 5.54 Å². The van der Waals surface area contributed by atoms with E-state index >= 15 is 0 Å². The summed E-state index contributed by atoms with van der Waals surface area (Å²) in [4.78, 5) is 11.4. The highest BCUT2D eigenvalue weighted by molar-refractivity contribution is 7.90. The van der Waals surface area contributed by atoms with Gasteiger partial charge in [0.25, 0.3) is 0 Å². The number of nitrogens with one attached hydrogen (secondary N) is 1. The molecule has 0 radical (unpaired) electrons. The average Bonchev–Trinajstić information content (AvgIpc) is 2.16. The van der Waals surface area contributed by atoms with Gasteiger partial charge in [0, 0.05) is 11.9 Å². The Balaban J connectivity index is 2.94. The summed E-state index contributed by atoms with van der Waals surface area (Å²) in [6.45, 7) is 3.31. The Morgan fingerprint density at radius 3 is 2.06 bits per heavy atom. The minimum atomic E-state index is -3.20. The molecular weight excluding hydrogens is 240 g/mol. The molecule has 0 aliphatic carbocycles. The first-order valence-corrected chi connectivity index (χ1v) is 6.90. The fourth-order valence-electron chi connectivity index (χ4n) is 1.21. The van der Waals surface area contributed by atoms with Crippen molar-refractivity contribution in [2.75, 3.05) is 11.6 Å². The van der Waals surface area contributed by atoms with Gasteiger partial charge in [-0.1, -0.05) is 0 Å². The molecule has 1 aromatic carbocycles. The van der Waals surface area contributed by atoms with Gasteiger partial charge in [-0.2, -0.15) is 0 Å². The minimum absolute atomic E-state index is 0.236. The lowest BCUT2D eigenvalue weighted by molar-refractivity contribution is -0.121. The summed E-state index contributed by atoms with van der Waals surface area (Å²) in [5, 5.41) is 2.93. The number of carbonyl (C=O) groups excluding carboxylic acids is 1. The van der Waals surface area contributed by atoms with Gasteiger partial charge in [-0.05, 0) is 38.1 Å². The average molecular weight is 256 g/mol. The predicted octanol–water partition coefficient (Wildman–Crippen LogP) is 0.766. The standard InChI is InChI=1S/C11H16N2O3S/c1-11(2,10(12)14)13-8-4-6-9(7-5-8)17(3,15)16/h4-7,13H,1-3H3,(H2,12,14). The zero-order valence-electron chi connectivity index (χ0n) is 10.0. The third-order valence-electron chi connectivity index (χ3n) is 2.36. The number of hydrogen-bond acceptors (Lipinski definition) is 4. The summed E-state index contributed by atoms with van der Waals surface area (Å²) in [5.41, 5.74) is 4.98. The number of anilines is 1. The molecule has 3 N–H and O–H groups in total. The number of amides is 1. The van der Waals surface area contributed by atoms with Crippen molar-refractivity contribution in [3.8, 4) is 0 Å². The predicted molar refractivity (Wildman–Crippen MR) is 66.4 cm³/mol. The molecule has 1 amide bonds. The molecule has 1 aromatic rings. The Bertz CT molecular complexity index is 518. The molecule has 0 saturated heterocycles. The van der Waals surface area contributed by atoms with E-state index in [-0.39, 0.29) is 4.90 Å². The van der Waals surface area contributed by atoms with Crippen LogP contribution >= 0.6 is 0 Å². The summed E-state index contributed by atoms with van der Waals surface area (Å²) in [6, 6.07) is 6.16. The lowest BCUT2D eigenvalue weighted by Gasteiger charge is -2.23. The van der Waals surface area contributed by atoms with Crippen molar-refractivity contribution in [3.63, 3.8) is 0 Å². The maximum Gasteiger partial charge on any atom is 0.242 e. The molecule has 0 heterocycles. The van der Waals surface area contributed by atoms with E-state index in [1.165, 1.54) is 12.1 Å². The van der Waals surface area contributed by atoms with Crippen LogP contribution in [0, 0.1) is 0 Å². The second-order valence-corrected chi connectivity index (χ2v) is 6.43. The van der Waals surface area contributed by atoms with E-state index in [0.29, 0.717) is 5.69 Å². The van der Waals surface area contributed by atoms with E-state index < -0.39 is 21.3 Å². The van der Waals surface area contributed by atoms with E-state index in [9.17, 15) is 13.2 Å². The summed E-state index contributed by atoms with van der Waals surface area (Å²) >= 11 is 0. The molecule has 0 unspecified atom stereocenters. The number of nitrogens with two attached hydrogens (primary N) is 1. The molecule has 0 saturated carbocycles. The van der Waals surface area contributed by atoms with E-state index in [1.54, 1.807) is 26.0 Å². The molecule has 0 aliphatic rings. The maximum absolute atomic E-state index is 11.2. The van der Waals surface area contributed by atoms with Crippen LogP contribution in [0.4, 0.5) is 5.69 Å². The number of benzene rings is 1. The normalized spacial score (nSPS) is 12.2. The fraction of sp³-hybridized carbons (Fsp3) is 0.364. The molecule has 1 rings (SSSR count). The van der Waals surface area contributed by atoms with Gasteiger partial charge in [0.15, 0.2) is 9.84 Å². The number of primary amides is 1. The molecule has 0 bridgehead atoms. The Hall–Kier alpha value is -1.56. The van der Waals surface area contributed by atoms with E-state index in [4.69, 9.17) is 5.73 Å². The SMILES string of the molecule is CC(C)(Nc1ccc(S(C)(=O)=O)cc1)C(N)=O. The maximum atomic E-state index is 11.2. The van der Waals surface area contributed by atoms with Crippen LogP contribution in [0.15, 0.2) is 29.2 Å². The van der Waals surface area contributed by atoms with Gasteiger partial charge < -0.3 is 11.1 Å². The van der Waals surface area contributed by atoms with E-state index in [0.717, 1.165) is 6.26 Å². The molecule has 0 atom stereocenters. The van der Waals surface area contributed by atoms with Gasteiger partial charge in [-0.15, -0.1) is 0 Å². The van der Waals surface area contributed by atoms with E-state index in [1.807, 2.05) is 0 Å². The van der Waals surface area contributed by atoms with Gasteiger partial charge in [0.05, 0.1) is 4.90 Å². The van der Waals surface area contributed by atoms with Crippen LogP contribution in [0.3, 0.4) is 0 Å². The summed E-state index contributed by atoms with van der Waals surface area (Å²) in [5.74, 6) is -0.482. The molecule has 0 aromatic heterocycles. The van der Waals surface area contributed by atoms with Crippen molar-refractivity contribution in [2.24, 2.45) is 5.73 Å². The third kappa shape index (κ3) is 3.45. The zero-order chi connectivity index (χ0) is 13.3. The molecule has 0 fully saturated rings. The lowest BCUT2D eigenvalue weighted by atomic mass is 10.0. The fourth-order valence-corrected chi connectivity index (χ4v) is 1.84. The van der Waals surface area contributed by atoms with Crippen LogP contribution < -0.4 is 11.1 Å². The molecule has 94 valence electrons. The van der Waals surface area contributed by atoms with Crippen LogP contribution in [0.5, 0.6) is 0 Å². The molecule has 6 heteroatoms. The Kier molecular flexibility index (Phi) is 3.47. The quantitative estimate of drug-likeness (QED) is 0.832. The third-order valence-corrected chi connectivity index (χ3v) is 3.48. The molecular formula is C11H16N2O3S. The van der Waals surface area contributed by atoms with Crippen molar-refractivity contribution in [1.82, 2.24) is 0 Å². The topological polar surface area (TPSA) is 89.3 Å². The van der Waals surface area contributed by atoms with Crippen molar-refractivity contribution >= 4 is 21.4 Å². The smallest absolute Gasteiger partial charge is 0.242 e. The Labute approximate surface area is 101 Å². The first-order valence-electron chi connectivity index (χ1n) is 5.01. The van der Waals surface area contributed by atoms with Crippen molar-refractivity contribution in [1.29, 1.82) is 0 Å². The van der Waals surface area contributed by atoms with Crippen LogP contribution in [0.2, 0.25) is 0 Å². The highest BCUT2D eigenvalue weighted by Crippen LogP contribution is 2.17. The Morgan fingerprint density at radius 2 is 1.71 bits per heavy atom. The van der Waals surface area contributed by atoms with Gasteiger partial charge in [-0.3, -0.25) is 4.79 Å². The highest BCUT2D eigenvalue weighted by Gasteiger charge is 2.24. The summed E-state index contributed by atoms with van der Waals surface area (Å²) in [6.07, 6.45) is 1.14. The molecule has 0 aliphatic heterocycles. The molecule has 0 spiro atoms. The largest absolute Gasteiger partial charge is 0.372 e. The summed E-state index contributed by atoms with van der Waals surface area (Å²) in [7, 11) is -3.20. The number of carbonyl (C=O) groups is 1. The second-order valence-electron chi connectivity index (χ2n) is 4.41. The lowest BCUT2D eigenvalue weighted by Crippen LogP contribution is -2.44. The first-order chi connectivity index (χ1) is 7.63. The van der Waals surface area contributed by atoms with Gasteiger partial charge in [-0.25, -0.2) is 8.42 Å². The highest BCUT2D eigenvalue weighted by atomic mass is 32.2. The van der Waals surface area contributed by atoms with Crippen LogP contribution in [0.25, 0.3) is 0 Å². The van der Waals surface area contributed by atoms with E-state index in [2.05, 4.69) is 5.32 Å². The van der Waals surface area contributed by atoms with Crippen LogP contribution in [-0.4, -0.2) is 26.1 Å². The number of hydrogen-bond donors (Lipinski definition) is 2. The Morgan fingerprint density at radius 1 is 1.24 bits per heavy atom. The van der Waals surface area contributed by atoms with Crippen molar-refractivity contribution < 1.29 is 13.2 Å². The summed E-state index contributed by atoms with van der Waals surface area (Å²) < 4.78 is 22.5. The first kappa shape index (κ1) is 13.5. The van der Waals surface area contributed by atoms with Crippen LogP contribution in [-0.2, 0) is 14.6 Å². The second kappa shape index (κ2) is 4.37. The number of sulfone groups is 1.